The summed E-state index contributed by atoms with van der Waals surface area (Å²) in [5.41, 5.74) is 0.397. The lowest BCUT2D eigenvalue weighted by Crippen LogP contribution is -2.60. The van der Waals surface area contributed by atoms with Gasteiger partial charge in [-0.25, -0.2) is 4.39 Å². The van der Waals surface area contributed by atoms with E-state index in [0.717, 1.165) is 6.54 Å². The summed E-state index contributed by atoms with van der Waals surface area (Å²) in [6, 6.07) is 5.67. The predicted octanol–water partition coefficient (Wildman–Crippen LogP) is 2.34. The number of halogens is 1. The van der Waals surface area contributed by atoms with Crippen molar-refractivity contribution >= 4 is 11.7 Å². The number of carbonyl (C=O) groups is 2. The number of rotatable bonds is 4. The van der Waals surface area contributed by atoms with Crippen LogP contribution in [0, 0.1) is 5.82 Å². The van der Waals surface area contributed by atoms with Gasteiger partial charge in [0.05, 0.1) is 0 Å². The molecule has 0 aromatic heterocycles. The van der Waals surface area contributed by atoms with Gasteiger partial charge in [0.2, 0.25) is 5.91 Å². The predicted molar refractivity (Wildman–Crippen MR) is 83.3 cm³/mol. The molecular weight excluding hydrogens is 283 g/mol. The van der Waals surface area contributed by atoms with Crippen molar-refractivity contribution in [2.75, 3.05) is 26.2 Å². The summed E-state index contributed by atoms with van der Waals surface area (Å²) in [5, 5.41) is 0. The van der Waals surface area contributed by atoms with E-state index >= 15 is 0 Å². The molecule has 22 heavy (non-hydrogen) atoms. The van der Waals surface area contributed by atoms with E-state index in [0.29, 0.717) is 31.6 Å². The van der Waals surface area contributed by atoms with E-state index in [2.05, 4.69) is 18.7 Å². The Morgan fingerprint density at radius 1 is 1.18 bits per heavy atom. The largest absolute Gasteiger partial charge is 0.340 e. The summed E-state index contributed by atoms with van der Waals surface area (Å²) in [5.74, 6) is -0.224. The molecule has 2 rings (SSSR count). The quantitative estimate of drug-likeness (QED) is 0.802. The third-order valence-electron chi connectivity index (χ3n) is 4.29. The third kappa shape index (κ3) is 3.91. The van der Waals surface area contributed by atoms with E-state index in [4.69, 9.17) is 0 Å². The highest BCUT2D eigenvalue weighted by atomic mass is 19.1. The second-order valence-corrected chi connectivity index (χ2v) is 6.42. The van der Waals surface area contributed by atoms with Crippen LogP contribution in [-0.2, 0) is 4.79 Å². The molecule has 0 saturated carbocycles. The van der Waals surface area contributed by atoms with E-state index < -0.39 is 0 Å². The first kappa shape index (κ1) is 16.6. The number of benzene rings is 1. The Morgan fingerprint density at radius 2 is 1.82 bits per heavy atom. The summed E-state index contributed by atoms with van der Waals surface area (Å²) in [4.78, 5) is 27.8. The van der Waals surface area contributed by atoms with Gasteiger partial charge >= 0.3 is 0 Å². The highest BCUT2D eigenvalue weighted by molar-refractivity contribution is 5.96. The van der Waals surface area contributed by atoms with Crippen molar-refractivity contribution in [3.63, 3.8) is 0 Å². The number of hydrogen-bond acceptors (Lipinski definition) is 3. The number of carbonyl (C=O) groups excluding carboxylic acids is 2. The minimum absolute atomic E-state index is 0.0183. The summed E-state index contributed by atoms with van der Waals surface area (Å²) in [6.07, 6.45) is 0.398. The maximum Gasteiger partial charge on any atom is 0.219 e. The zero-order valence-electron chi connectivity index (χ0n) is 13.4. The lowest BCUT2D eigenvalue weighted by molar-refractivity contribution is -0.133. The molecule has 4 nitrogen and oxygen atoms in total. The van der Waals surface area contributed by atoms with Gasteiger partial charge in [-0.2, -0.15) is 0 Å². The molecule has 0 bridgehead atoms. The molecular formula is C17H23FN2O2. The summed E-state index contributed by atoms with van der Waals surface area (Å²) >= 11 is 0. The fourth-order valence-electron chi connectivity index (χ4n) is 2.89. The average Bonchev–Trinajstić information content (AvgIpc) is 2.45. The zero-order chi connectivity index (χ0) is 16.3. The highest BCUT2D eigenvalue weighted by Gasteiger charge is 2.34. The Kier molecular flexibility index (Phi) is 4.96. The Morgan fingerprint density at radius 3 is 2.36 bits per heavy atom. The molecule has 1 saturated heterocycles. The van der Waals surface area contributed by atoms with Crippen LogP contribution in [0.15, 0.2) is 24.3 Å². The molecule has 0 atom stereocenters. The number of amides is 1. The molecule has 1 amide bonds. The van der Waals surface area contributed by atoms with E-state index in [-0.39, 0.29) is 23.0 Å². The summed E-state index contributed by atoms with van der Waals surface area (Å²) < 4.78 is 12.9. The Balaban J connectivity index is 1.92. The van der Waals surface area contributed by atoms with Crippen molar-refractivity contribution in [2.24, 2.45) is 0 Å². The molecule has 0 spiro atoms. The van der Waals surface area contributed by atoms with Crippen LogP contribution in [0.3, 0.4) is 0 Å². The molecule has 0 unspecified atom stereocenters. The third-order valence-corrected chi connectivity index (χ3v) is 4.29. The minimum atomic E-state index is -0.335. The number of hydrogen-bond donors (Lipinski definition) is 0. The fourth-order valence-corrected chi connectivity index (χ4v) is 2.89. The minimum Gasteiger partial charge on any atom is -0.340 e. The van der Waals surface area contributed by atoms with E-state index in [1.165, 1.54) is 24.3 Å². The van der Waals surface area contributed by atoms with Gasteiger partial charge in [-0.05, 0) is 38.1 Å². The van der Waals surface area contributed by atoms with Gasteiger partial charge < -0.3 is 4.90 Å². The van der Waals surface area contributed by atoms with Crippen molar-refractivity contribution < 1.29 is 14.0 Å². The first-order chi connectivity index (χ1) is 10.3. The van der Waals surface area contributed by atoms with Crippen LogP contribution in [-0.4, -0.2) is 53.2 Å². The van der Waals surface area contributed by atoms with Gasteiger partial charge in [0.25, 0.3) is 0 Å². The first-order valence-electron chi connectivity index (χ1n) is 7.59. The van der Waals surface area contributed by atoms with Crippen molar-refractivity contribution in [1.29, 1.82) is 0 Å². The summed E-state index contributed by atoms with van der Waals surface area (Å²) in [7, 11) is 0. The lowest BCUT2D eigenvalue weighted by Gasteiger charge is -2.47. The van der Waals surface area contributed by atoms with Crippen molar-refractivity contribution in [2.45, 2.75) is 32.7 Å². The van der Waals surface area contributed by atoms with Crippen molar-refractivity contribution in [3.8, 4) is 0 Å². The number of ketones is 1. The topological polar surface area (TPSA) is 40.6 Å². The molecule has 5 heteroatoms. The second kappa shape index (κ2) is 6.57. The maximum absolute atomic E-state index is 12.9. The number of Topliss-reactive ketones (excluding diaryl/α,β-unsaturated/α-hetero) is 1. The molecule has 0 aliphatic carbocycles. The fraction of sp³-hybridized carbons (Fsp3) is 0.529. The van der Waals surface area contributed by atoms with Gasteiger partial charge in [-0.15, -0.1) is 0 Å². The maximum atomic E-state index is 12.9. The van der Waals surface area contributed by atoms with Crippen LogP contribution >= 0.6 is 0 Å². The smallest absolute Gasteiger partial charge is 0.219 e. The van der Waals surface area contributed by atoms with Gasteiger partial charge in [0, 0.05) is 50.6 Å². The van der Waals surface area contributed by atoms with Gasteiger partial charge in [0.15, 0.2) is 5.78 Å². The van der Waals surface area contributed by atoms with Gasteiger partial charge in [-0.1, -0.05) is 0 Å². The molecule has 0 radical (unpaired) electrons. The molecule has 1 aromatic carbocycles. The normalized spacial score (nSPS) is 18.3. The van der Waals surface area contributed by atoms with Gasteiger partial charge in [-0.3, -0.25) is 14.5 Å². The van der Waals surface area contributed by atoms with Gasteiger partial charge in [0.1, 0.15) is 5.82 Å². The van der Waals surface area contributed by atoms with E-state index in [9.17, 15) is 14.0 Å². The summed E-state index contributed by atoms with van der Waals surface area (Å²) in [6.45, 7) is 8.55. The second-order valence-electron chi connectivity index (χ2n) is 6.42. The van der Waals surface area contributed by atoms with E-state index in [1.54, 1.807) is 6.92 Å². The SMILES string of the molecule is CC(=O)N1CCN(CCC(=O)c2ccc(F)cc2)C(C)(C)C1. The van der Waals surface area contributed by atoms with Crippen molar-refractivity contribution in [1.82, 2.24) is 9.80 Å². The standard InChI is InChI=1S/C17H23FN2O2/c1-13(21)19-10-11-20(17(2,3)12-19)9-8-16(22)14-4-6-15(18)7-5-14/h4-7H,8-12H2,1-3H3. The Bertz CT molecular complexity index is 554. The molecule has 1 aliphatic heterocycles. The number of piperazine rings is 1. The van der Waals surface area contributed by atoms with Crippen LogP contribution in [0.4, 0.5) is 4.39 Å². The Hall–Kier alpha value is -1.75. The van der Waals surface area contributed by atoms with Crippen molar-refractivity contribution in [3.05, 3.63) is 35.6 Å². The van der Waals surface area contributed by atoms with Crippen LogP contribution in [0.1, 0.15) is 37.6 Å². The zero-order valence-corrected chi connectivity index (χ0v) is 13.4. The Labute approximate surface area is 130 Å². The molecule has 1 aliphatic rings. The van der Waals surface area contributed by atoms with E-state index in [1.807, 2.05) is 4.90 Å². The van der Waals surface area contributed by atoms with Crippen LogP contribution in [0.25, 0.3) is 0 Å². The van der Waals surface area contributed by atoms with Crippen LogP contribution in [0.2, 0.25) is 0 Å². The highest BCUT2D eigenvalue weighted by Crippen LogP contribution is 2.21. The number of nitrogens with zero attached hydrogens (tertiary/aromatic N) is 2. The average molecular weight is 306 g/mol. The molecule has 1 aromatic rings. The lowest BCUT2D eigenvalue weighted by atomic mass is 9.97. The molecule has 0 N–H and O–H groups in total. The first-order valence-corrected chi connectivity index (χ1v) is 7.59. The van der Waals surface area contributed by atoms with Crippen LogP contribution in [0.5, 0.6) is 0 Å². The molecule has 120 valence electrons. The molecule has 1 heterocycles. The van der Waals surface area contributed by atoms with Crippen LogP contribution < -0.4 is 0 Å². The molecule has 1 fully saturated rings. The monoisotopic (exact) mass is 306 g/mol.